The van der Waals surface area contributed by atoms with Crippen molar-refractivity contribution in [1.29, 1.82) is 0 Å². The molecule has 2 aromatic heterocycles. The molecule has 1 aromatic carbocycles. The number of carbonyl (C=O) groups is 1. The van der Waals surface area contributed by atoms with E-state index in [0.717, 1.165) is 0 Å². The number of morpholine rings is 1. The van der Waals surface area contributed by atoms with Gasteiger partial charge in [-0.3, -0.25) is 14.8 Å². The Morgan fingerprint density at radius 3 is 2.69 bits per heavy atom. The number of aromatic nitrogens is 3. The summed E-state index contributed by atoms with van der Waals surface area (Å²) in [6.45, 7) is 4.80. The number of anilines is 1. The van der Waals surface area contributed by atoms with E-state index in [4.69, 9.17) is 9.26 Å². The molecule has 1 fully saturated rings. The number of halogens is 1. The molecule has 3 heterocycles. The van der Waals surface area contributed by atoms with E-state index in [1.165, 1.54) is 18.6 Å². The van der Waals surface area contributed by atoms with Gasteiger partial charge in [0.25, 0.3) is 0 Å². The second-order valence-electron chi connectivity index (χ2n) is 6.41. The van der Waals surface area contributed by atoms with Gasteiger partial charge in [-0.25, -0.2) is 4.39 Å². The molecule has 0 bridgehead atoms. The number of ether oxygens (including phenoxy) is 1. The van der Waals surface area contributed by atoms with Crippen LogP contribution < -0.4 is 4.90 Å². The number of rotatable bonds is 3. The minimum absolute atomic E-state index is 0.00180. The normalized spacial score (nSPS) is 20.5. The number of hydrogen-bond donors (Lipinski definition) is 0. The summed E-state index contributed by atoms with van der Waals surface area (Å²) in [7, 11) is 0. The molecule has 0 spiro atoms. The molecule has 26 heavy (non-hydrogen) atoms. The molecule has 0 N–H and O–H groups in total. The standard InChI is InChI=1S/C18H17FN4O3/c1-10-7-23(8-11(2)25-10)17-12(9-24)5-13-16(14-6-20-3-4-21-14)22-26-18(13)15(17)19/h3-6,9-11H,7-8H2,1-2H3. The summed E-state index contributed by atoms with van der Waals surface area (Å²) in [5.41, 5.74) is 1.26. The summed E-state index contributed by atoms with van der Waals surface area (Å²) in [6, 6.07) is 1.59. The van der Waals surface area contributed by atoms with E-state index in [9.17, 15) is 4.79 Å². The predicted octanol–water partition coefficient (Wildman–Crippen LogP) is 2.85. The fraction of sp³-hybridized carbons (Fsp3) is 0.333. The summed E-state index contributed by atoms with van der Waals surface area (Å²) >= 11 is 0. The number of aldehydes is 1. The molecular formula is C18H17FN4O3. The third kappa shape index (κ3) is 2.72. The summed E-state index contributed by atoms with van der Waals surface area (Å²) in [4.78, 5) is 21.7. The van der Waals surface area contributed by atoms with Gasteiger partial charge in [0, 0.05) is 31.0 Å². The van der Waals surface area contributed by atoms with Crippen LogP contribution in [0.5, 0.6) is 0 Å². The van der Waals surface area contributed by atoms with E-state index < -0.39 is 5.82 Å². The van der Waals surface area contributed by atoms with Gasteiger partial charge in [0.15, 0.2) is 12.1 Å². The molecule has 0 radical (unpaired) electrons. The van der Waals surface area contributed by atoms with Gasteiger partial charge in [-0.05, 0) is 19.9 Å². The highest BCUT2D eigenvalue weighted by Gasteiger charge is 2.29. The van der Waals surface area contributed by atoms with Gasteiger partial charge in [0.2, 0.25) is 5.58 Å². The molecule has 1 aliphatic heterocycles. The fourth-order valence-corrected chi connectivity index (χ4v) is 3.43. The number of nitrogens with zero attached hydrogens (tertiary/aromatic N) is 4. The molecule has 1 saturated heterocycles. The lowest BCUT2D eigenvalue weighted by Gasteiger charge is -2.37. The van der Waals surface area contributed by atoms with Crippen LogP contribution >= 0.6 is 0 Å². The Morgan fingerprint density at radius 1 is 1.27 bits per heavy atom. The predicted molar refractivity (Wildman–Crippen MR) is 92.6 cm³/mol. The first-order valence-electron chi connectivity index (χ1n) is 8.32. The van der Waals surface area contributed by atoms with Gasteiger partial charge in [-0.2, -0.15) is 0 Å². The molecule has 0 amide bonds. The maximum absolute atomic E-state index is 15.3. The van der Waals surface area contributed by atoms with Gasteiger partial charge in [-0.15, -0.1) is 0 Å². The fourth-order valence-electron chi connectivity index (χ4n) is 3.43. The van der Waals surface area contributed by atoms with Crippen LogP contribution in [0.2, 0.25) is 0 Å². The van der Waals surface area contributed by atoms with Crippen LogP contribution in [0.1, 0.15) is 24.2 Å². The maximum Gasteiger partial charge on any atom is 0.205 e. The average molecular weight is 356 g/mol. The molecule has 4 rings (SSSR count). The van der Waals surface area contributed by atoms with Crippen LogP contribution in [-0.2, 0) is 4.74 Å². The van der Waals surface area contributed by atoms with Crippen LogP contribution in [0.15, 0.2) is 29.2 Å². The Morgan fingerprint density at radius 2 is 2.04 bits per heavy atom. The second kappa shape index (κ2) is 6.45. The zero-order valence-corrected chi connectivity index (χ0v) is 14.3. The Balaban J connectivity index is 1.88. The highest BCUT2D eigenvalue weighted by molar-refractivity contribution is 5.99. The molecule has 7 nitrogen and oxygen atoms in total. The van der Waals surface area contributed by atoms with Gasteiger partial charge >= 0.3 is 0 Å². The summed E-state index contributed by atoms with van der Waals surface area (Å²) in [6.07, 6.45) is 5.06. The first-order valence-corrected chi connectivity index (χ1v) is 8.32. The molecule has 0 saturated carbocycles. The summed E-state index contributed by atoms with van der Waals surface area (Å²) < 4.78 is 26.2. The molecule has 2 atom stereocenters. The van der Waals surface area contributed by atoms with Gasteiger partial charge in [0.1, 0.15) is 11.4 Å². The van der Waals surface area contributed by atoms with Crippen molar-refractivity contribution in [3.8, 4) is 11.4 Å². The van der Waals surface area contributed by atoms with Crippen LogP contribution in [0, 0.1) is 5.82 Å². The Bertz CT molecular complexity index is 950. The zero-order chi connectivity index (χ0) is 18.3. The van der Waals surface area contributed by atoms with Crippen LogP contribution in [0.3, 0.4) is 0 Å². The first kappa shape index (κ1) is 16.6. The average Bonchev–Trinajstić information content (AvgIpc) is 3.05. The lowest BCUT2D eigenvalue weighted by Crippen LogP contribution is -2.46. The first-order chi connectivity index (χ1) is 12.6. The summed E-state index contributed by atoms with van der Waals surface area (Å²) in [5.74, 6) is -0.603. The molecule has 2 unspecified atom stereocenters. The topological polar surface area (TPSA) is 81.4 Å². The number of fused-ring (bicyclic) bond motifs is 1. The van der Waals surface area contributed by atoms with E-state index in [2.05, 4.69) is 15.1 Å². The summed E-state index contributed by atoms with van der Waals surface area (Å²) in [5, 5.41) is 4.33. The Hall–Kier alpha value is -2.87. The number of benzene rings is 1. The van der Waals surface area contributed by atoms with Crippen molar-refractivity contribution in [2.45, 2.75) is 26.1 Å². The van der Waals surface area contributed by atoms with E-state index >= 15 is 4.39 Å². The van der Waals surface area contributed by atoms with Crippen molar-refractivity contribution in [3.05, 3.63) is 36.0 Å². The lowest BCUT2D eigenvalue weighted by molar-refractivity contribution is -0.00543. The van der Waals surface area contributed by atoms with Gasteiger partial charge in [-0.1, -0.05) is 5.16 Å². The molecule has 3 aromatic rings. The Labute approximate surface area is 148 Å². The molecule has 0 aliphatic carbocycles. The largest absolute Gasteiger partial charge is 0.372 e. The second-order valence-corrected chi connectivity index (χ2v) is 6.41. The van der Waals surface area contributed by atoms with Crippen molar-refractivity contribution in [1.82, 2.24) is 15.1 Å². The monoisotopic (exact) mass is 356 g/mol. The van der Waals surface area contributed by atoms with Gasteiger partial charge < -0.3 is 14.2 Å². The third-order valence-electron chi connectivity index (χ3n) is 4.38. The van der Waals surface area contributed by atoms with Crippen LogP contribution in [0.4, 0.5) is 10.1 Å². The molecule has 134 valence electrons. The van der Waals surface area contributed by atoms with E-state index in [1.54, 1.807) is 6.07 Å². The van der Waals surface area contributed by atoms with E-state index in [1.807, 2.05) is 18.7 Å². The zero-order valence-electron chi connectivity index (χ0n) is 14.3. The van der Waals surface area contributed by atoms with Crippen LogP contribution in [-0.4, -0.2) is 46.7 Å². The quantitative estimate of drug-likeness (QED) is 0.668. The van der Waals surface area contributed by atoms with Crippen molar-refractivity contribution >= 4 is 22.9 Å². The minimum Gasteiger partial charge on any atom is -0.372 e. The lowest BCUT2D eigenvalue weighted by atomic mass is 10.0. The van der Waals surface area contributed by atoms with E-state index in [-0.39, 0.29) is 29.0 Å². The van der Waals surface area contributed by atoms with Crippen molar-refractivity contribution in [2.75, 3.05) is 18.0 Å². The highest BCUT2D eigenvalue weighted by atomic mass is 19.1. The van der Waals surface area contributed by atoms with Crippen molar-refractivity contribution in [2.24, 2.45) is 0 Å². The number of carbonyl (C=O) groups excluding carboxylic acids is 1. The molecular weight excluding hydrogens is 339 g/mol. The highest BCUT2D eigenvalue weighted by Crippen LogP contribution is 2.36. The smallest absolute Gasteiger partial charge is 0.205 e. The molecule has 8 heteroatoms. The minimum atomic E-state index is -0.603. The molecule has 1 aliphatic rings. The SMILES string of the molecule is CC1CN(c2c(C=O)cc3c(-c4cnccn4)noc3c2F)CC(C)O1. The van der Waals surface area contributed by atoms with Crippen LogP contribution in [0.25, 0.3) is 22.4 Å². The van der Waals surface area contributed by atoms with Gasteiger partial charge in [0.05, 0.1) is 29.5 Å². The number of hydrogen-bond acceptors (Lipinski definition) is 7. The maximum atomic E-state index is 15.3. The third-order valence-corrected chi connectivity index (χ3v) is 4.38. The van der Waals surface area contributed by atoms with E-state index in [0.29, 0.717) is 36.1 Å². The van der Waals surface area contributed by atoms with Crippen molar-refractivity contribution < 1.29 is 18.4 Å². The van der Waals surface area contributed by atoms with Crippen molar-refractivity contribution in [3.63, 3.8) is 0 Å². The Kier molecular flexibility index (Phi) is 4.12.